The summed E-state index contributed by atoms with van der Waals surface area (Å²) in [5.41, 5.74) is 2.95. The second-order valence-electron chi connectivity index (χ2n) is 6.01. The minimum absolute atomic E-state index is 0.534. The molecule has 0 saturated carbocycles. The van der Waals surface area contributed by atoms with Gasteiger partial charge in [-0.15, -0.1) is 0 Å². The van der Waals surface area contributed by atoms with Gasteiger partial charge in [0, 0.05) is 19.1 Å². The molecule has 1 heterocycles. The molecule has 3 heteroatoms. The van der Waals surface area contributed by atoms with Crippen LogP contribution in [0.2, 0.25) is 0 Å². The molecule has 1 N–H and O–H groups in total. The molecule has 1 aromatic rings. The topological polar surface area (TPSA) is 24.5 Å². The molecule has 0 radical (unpaired) electrons. The van der Waals surface area contributed by atoms with E-state index in [2.05, 4.69) is 28.4 Å². The number of hydrogen-bond donors (Lipinski definition) is 1. The van der Waals surface area contributed by atoms with Gasteiger partial charge >= 0.3 is 0 Å². The zero-order valence-electron chi connectivity index (χ0n) is 12.5. The smallest absolute Gasteiger partial charge is 0.119 e. The molecular formula is C17H26N2O. The van der Waals surface area contributed by atoms with Crippen molar-refractivity contribution < 1.29 is 4.74 Å². The van der Waals surface area contributed by atoms with Gasteiger partial charge in [0.05, 0.1) is 7.11 Å². The Kier molecular flexibility index (Phi) is 4.58. The minimum Gasteiger partial charge on any atom is -0.497 e. The largest absolute Gasteiger partial charge is 0.497 e. The average molecular weight is 274 g/mol. The van der Waals surface area contributed by atoms with Crippen LogP contribution in [0.25, 0.3) is 0 Å². The summed E-state index contributed by atoms with van der Waals surface area (Å²) in [6, 6.07) is 7.09. The van der Waals surface area contributed by atoms with Crippen LogP contribution in [0.1, 0.15) is 42.9 Å². The van der Waals surface area contributed by atoms with E-state index in [1.54, 1.807) is 7.11 Å². The van der Waals surface area contributed by atoms with Crippen LogP contribution in [-0.2, 0) is 6.42 Å². The van der Waals surface area contributed by atoms with Crippen molar-refractivity contribution in [3.05, 3.63) is 29.3 Å². The summed E-state index contributed by atoms with van der Waals surface area (Å²) >= 11 is 0. The van der Waals surface area contributed by atoms with Gasteiger partial charge in [-0.25, -0.2) is 0 Å². The number of ether oxygens (including phenoxy) is 1. The first-order chi connectivity index (χ1) is 9.86. The molecular weight excluding hydrogens is 248 g/mol. The Hall–Kier alpha value is -1.06. The van der Waals surface area contributed by atoms with Gasteiger partial charge in [-0.2, -0.15) is 0 Å². The van der Waals surface area contributed by atoms with Gasteiger partial charge in [0.15, 0.2) is 0 Å². The van der Waals surface area contributed by atoms with Crippen LogP contribution < -0.4 is 10.1 Å². The molecule has 1 fully saturated rings. The van der Waals surface area contributed by atoms with Crippen LogP contribution in [-0.4, -0.2) is 38.2 Å². The molecule has 1 aromatic carbocycles. The van der Waals surface area contributed by atoms with Crippen molar-refractivity contribution in [2.45, 2.75) is 38.1 Å². The fourth-order valence-electron chi connectivity index (χ4n) is 3.53. The van der Waals surface area contributed by atoms with Crippen LogP contribution in [0.4, 0.5) is 0 Å². The Morgan fingerprint density at radius 3 is 2.90 bits per heavy atom. The lowest BCUT2D eigenvalue weighted by molar-refractivity contribution is 0.322. The Balaban J connectivity index is 1.58. The number of nitrogens with one attached hydrogen (secondary N) is 1. The highest BCUT2D eigenvalue weighted by molar-refractivity contribution is 5.39. The molecule has 110 valence electrons. The van der Waals surface area contributed by atoms with Gasteiger partial charge in [-0.3, -0.25) is 0 Å². The van der Waals surface area contributed by atoms with Crippen molar-refractivity contribution >= 4 is 0 Å². The number of nitrogens with zero attached hydrogens (tertiary/aromatic N) is 1. The quantitative estimate of drug-likeness (QED) is 0.893. The lowest BCUT2D eigenvalue weighted by Crippen LogP contribution is -2.33. The number of hydrogen-bond acceptors (Lipinski definition) is 3. The summed E-state index contributed by atoms with van der Waals surface area (Å²) in [5, 5.41) is 3.76. The summed E-state index contributed by atoms with van der Waals surface area (Å²) in [6.07, 6.45) is 6.50. The normalized spacial score (nSPS) is 22.8. The Labute approximate surface area is 122 Å². The van der Waals surface area contributed by atoms with Crippen molar-refractivity contribution in [3.8, 4) is 5.75 Å². The predicted molar refractivity (Wildman–Crippen MR) is 82.3 cm³/mol. The van der Waals surface area contributed by atoms with Crippen LogP contribution in [0.15, 0.2) is 18.2 Å². The summed E-state index contributed by atoms with van der Waals surface area (Å²) in [7, 11) is 1.75. The maximum Gasteiger partial charge on any atom is 0.119 e. The summed E-state index contributed by atoms with van der Waals surface area (Å²) in [6.45, 7) is 4.89. The molecule has 2 aliphatic rings. The Bertz CT molecular complexity index is 441. The number of rotatable bonds is 5. The van der Waals surface area contributed by atoms with E-state index in [0.717, 1.165) is 12.3 Å². The molecule has 1 atom stereocenters. The van der Waals surface area contributed by atoms with E-state index < -0.39 is 0 Å². The fourth-order valence-corrected chi connectivity index (χ4v) is 3.53. The number of fused-ring (bicyclic) bond motifs is 1. The van der Waals surface area contributed by atoms with Crippen LogP contribution in [0.3, 0.4) is 0 Å². The van der Waals surface area contributed by atoms with Crippen molar-refractivity contribution in [1.29, 1.82) is 0 Å². The Morgan fingerprint density at radius 2 is 2.10 bits per heavy atom. The number of aryl methyl sites for hydroxylation is 1. The molecule has 3 nitrogen and oxygen atoms in total. The third kappa shape index (κ3) is 3.15. The molecule has 3 rings (SSSR count). The fraction of sp³-hybridized carbons (Fsp3) is 0.647. The highest BCUT2D eigenvalue weighted by Gasteiger charge is 2.20. The molecule has 0 amide bonds. The predicted octanol–water partition coefficient (Wildman–Crippen LogP) is 2.76. The zero-order valence-corrected chi connectivity index (χ0v) is 12.5. The molecule has 0 aromatic heterocycles. The average Bonchev–Trinajstić information content (AvgIpc) is 3.00. The van der Waals surface area contributed by atoms with Crippen LogP contribution in [0.5, 0.6) is 5.75 Å². The first-order valence-corrected chi connectivity index (χ1v) is 7.99. The molecule has 1 unspecified atom stereocenters. The summed E-state index contributed by atoms with van der Waals surface area (Å²) in [5.74, 6) is 0.987. The van der Waals surface area contributed by atoms with Crippen LogP contribution >= 0.6 is 0 Å². The first kappa shape index (κ1) is 13.9. The highest BCUT2D eigenvalue weighted by Crippen LogP contribution is 2.32. The third-order valence-corrected chi connectivity index (χ3v) is 4.68. The molecule has 1 aliphatic carbocycles. The van der Waals surface area contributed by atoms with Gasteiger partial charge < -0.3 is 15.0 Å². The maximum atomic E-state index is 5.34. The van der Waals surface area contributed by atoms with Crippen molar-refractivity contribution in [2.75, 3.05) is 33.3 Å². The standard InChI is InChI=1S/C17H26N2O/c1-20-15-7-8-16-14(13-15)5-4-6-17(16)18-9-12-19-10-2-3-11-19/h7-8,13,17-18H,2-6,9-12H2,1H3. The van der Waals surface area contributed by atoms with Crippen molar-refractivity contribution in [3.63, 3.8) is 0 Å². The molecule has 0 spiro atoms. The summed E-state index contributed by atoms with van der Waals surface area (Å²) < 4.78 is 5.34. The number of methoxy groups -OCH3 is 1. The monoisotopic (exact) mass is 274 g/mol. The molecule has 1 saturated heterocycles. The van der Waals surface area contributed by atoms with E-state index in [0.29, 0.717) is 6.04 Å². The Morgan fingerprint density at radius 1 is 1.25 bits per heavy atom. The molecule has 20 heavy (non-hydrogen) atoms. The van der Waals surface area contributed by atoms with E-state index in [-0.39, 0.29) is 0 Å². The van der Waals surface area contributed by atoms with Crippen molar-refractivity contribution in [2.24, 2.45) is 0 Å². The minimum atomic E-state index is 0.534. The first-order valence-electron chi connectivity index (χ1n) is 7.99. The molecule has 1 aliphatic heterocycles. The number of likely N-dealkylation sites (tertiary alicyclic amines) is 1. The third-order valence-electron chi connectivity index (χ3n) is 4.68. The lowest BCUT2D eigenvalue weighted by Gasteiger charge is -2.27. The summed E-state index contributed by atoms with van der Waals surface area (Å²) in [4.78, 5) is 2.57. The van der Waals surface area contributed by atoms with Gasteiger partial charge in [-0.05, 0) is 68.5 Å². The van der Waals surface area contributed by atoms with Crippen molar-refractivity contribution in [1.82, 2.24) is 10.2 Å². The number of benzene rings is 1. The second kappa shape index (κ2) is 6.59. The van der Waals surface area contributed by atoms with Gasteiger partial charge in [-0.1, -0.05) is 6.07 Å². The van der Waals surface area contributed by atoms with Crippen LogP contribution in [0, 0.1) is 0 Å². The zero-order chi connectivity index (χ0) is 13.8. The van der Waals surface area contributed by atoms with Gasteiger partial charge in [0.25, 0.3) is 0 Å². The van der Waals surface area contributed by atoms with Gasteiger partial charge in [0.2, 0.25) is 0 Å². The maximum absolute atomic E-state index is 5.34. The van der Waals surface area contributed by atoms with E-state index in [1.807, 2.05) is 0 Å². The highest BCUT2D eigenvalue weighted by atomic mass is 16.5. The molecule has 0 bridgehead atoms. The van der Waals surface area contributed by atoms with E-state index in [9.17, 15) is 0 Å². The van der Waals surface area contributed by atoms with E-state index in [1.165, 1.54) is 62.9 Å². The van der Waals surface area contributed by atoms with E-state index >= 15 is 0 Å². The second-order valence-corrected chi connectivity index (χ2v) is 6.01. The lowest BCUT2D eigenvalue weighted by atomic mass is 9.87. The van der Waals surface area contributed by atoms with Gasteiger partial charge in [0.1, 0.15) is 5.75 Å². The SMILES string of the molecule is COc1ccc2c(c1)CCCC2NCCN1CCCC1. The van der Waals surface area contributed by atoms with E-state index in [4.69, 9.17) is 4.74 Å².